The van der Waals surface area contributed by atoms with Gasteiger partial charge in [0, 0.05) is 36.0 Å². The third-order valence-corrected chi connectivity index (χ3v) is 9.51. The molecule has 0 bridgehead atoms. The maximum atomic E-state index is 13.3. The van der Waals surface area contributed by atoms with Gasteiger partial charge in [-0.2, -0.15) is 0 Å². The SMILES string of the molecule is CC(=O)O[C@@]12[C@H](OC(=O)c3ccccc3)[C@@H](C)[C@]3(O)[C@@H]4C=C(C)C(=O)[C@@H]4[C@H](O)C(C)=C[C@H]3[C@@H]1C2(C)C. The van der Waals surface area contributed by atoms with Crippen molar-refractivity contribution in [2.45, 2.75) is 65.0 Å². The largest absolute Gasteiger partial charge is 0.454 e. The van der Waals surface area contributed by atoms with Crippen molar-refractivity contribution < 1.29 is 34.1 Å². The smallest absolute Gasteiger partial charge is 0.338 e. The van der Waals surface area contributed by atoms with Crippen molar-refractivity contribution in [3.8, 4) is 0 Å². The molecule has 0 amide bonds. The number of ether oxygens (including phenoxy) is 2. The van der Waals surface area contributed by atoms with E-state index < -0.39 is 70.4 Å². The summed E-state index contributed by atoms with van der Waals surface area (Å²) in [6.45, 7) is 10.5. The van der Waals surface area contributed by atoms with Gasteiger partial charge in [-0.25, -0.2) is 4.79 Å². The molecular formula is C29H34O7. The lowest BCUT2D eigenvalue weighted by atomic mass is 9.59. The van der Waals surface area contributed by atoms with Crippen molar-refractivity contribution in [3.05, 3.63) is 59.2 Å². The Bertz CT molecular complexity index is 1200. The average molecular weight is 495 g/mol. The number of benzene rings is 1. The number of carbonyl (C=O) groups excluding carboxylic acids is 3. The van der Waals surface area contributed by atoms with E-state index in [0.717, 1.165) is 0 Å². The van der Waals surface area contributed by atoms with Gasteiger partial charge in [-0.15, -0.1) is 0 Å². The maximum Gasteiger partial charge on any atom is 0.338 e. The normalized spacial score (nSPS) is 42.1. The third-order valence-electron chi connectivity index (χ3n) is 9.51. The molecule has 2 N–H and O–H groups in total. The molecule has 1 aromatic rings. The Morgan fingerprint density at radius 1 is 1.03 bits per heavy atom. The van der Waals surface area contributed by atoms with Gasteiger partial charge in [0.05, 0.1) is 23.2 Å². The zero-order chi connectivity index (χ0) is 26.4. The maximum absolute atomic E-state index is 13.3. The Kier molecular flexibility index (Phi) is 5.44. The van der Waals surface area contributed by atoms with Crippen LogP contribution in [0.25, 0.3) is 0 Å². The summed E-state index contributed by atoms with van der Waals surface area (Å²) in [6, 6.07) is 8.56. The Hall–Kier alpha value is -2.77. The highest BCUT2D eigenvalue weighted by atomic mass is 16.6. The van der Waals surface area contributed by atoms with Gasteiger partial charge in [-0.05, 0) is 37.1 Å². The van der Waals surface area contributed by atoms with Crippen LogP contribution in [-0.4, -0.2) is 51.3 Å². The van der Waals surface area contributed by atoms with Crippen molar-refractivity contribution in [2.75, 3.05) is 0 Å². The lowest BCUT2D eigenvalue weighted by Crippen LogP contribution is -2.64. The third kappa shape index (κ3) is 3.02. The number of Topliss-reactive ketones (excluding diaryl/α,β-unsaturated/α-hetero) is 1. The highest BCUT2D eigenvalue weighted by molar-refractivity contribution is 6.00. The van der Waals surface area contributed by atoms with Crippen LogP contribution >= 0.6 is 0 Å². The van der Waals surface area contributed by atoms with Crippen LogP contribution < -0.4 is 0 Å². The summed E-state index contributed by atoms with van der Waals surface area (Å²) in [4.78, 5) is 38.8. The van der Waals surface area contributed by atoms with Gasteiger partial charge in [-0.1, -0.05) is 51.1 Å². The Balaban J connectivity index is 1.68. The zero-order valence-electron chi connectivity index (χ0n) is 21.5. The highest BCUT2D eigenvalue weighted by Gasteiger charge is 2.87. The second-order valence-electron chi connectivity index (χ2n) is 11.6. The Morgan fingerprint density at radius 3 is 2.28 bits per heavy atom. The average Bonchev–Trinajstić information content (AvgIpc) is 3.16. The van der Waals surface area contributed by atoms with Crippen LogP contribution in [0, 0.1) is 35.0 Å². The van der Waals surface area contributed by atoms with Crippen LogP contribution in [0.5, 0.6) is 0 Å². The van der Waals surface area contributed by atoms with E-state index >= 15 is 0 Å². The van der Waals surface area contributed by atoms with E-state index in [9.17, 15) is 24.6 Å². The summed E-state index contributed by atoms with van der Waals surface area (Å²) in [5, 5.41) is 23.8. The molecule has 4 aliphatic carbocycles. The quantitative estimate of drug-likeness (QED) is 0.490. The summed E-state index contributed by atoms with van der Waals surface area (Å²) in [5.41, 5.74) is -1.88. The number of esters is 2. The molecule has 5 rings (SSSR count). The van der Waals surface area contributed by atoms with Crippen molar-refractivity contribution in [1.29, 1.82) is 0 Å². The minimum Gasteiger partial charge on any atom is -0.454 e. The Labute approximate surface area is 211 Å². The first-order chi connectivity index (χ1) is 16.8. The molecule has 0 spiro atoms. The molecule has 36 heavy (non-hydrogen) atoms. The molecule has 4 aliphatic rings. The van der Waals surface area contributed by atoms with Gasteiger partial charge < -0.3 is 19.7 Å². The van der Waals surface area contributed by atoms with Gasteiger partial charge in [0.15, 0.2) is 11.4 Å². The number of carbonyl (C=O) groups is 3. The standard InChI is InChI=1S/C29H34O7/c1-14-12-19-21(22(14)31)23(32)15(2)13-20-24-27(5,6)29(24,36-17(4)30)25(16(3)28(19,20)34)35-26(33)18-10-8-7-9-11-18/h7-13,16,19-21,23-25,32,34H,1-6H3/t16-,19-,20+,21-,23-,24-,25-,28+,29-/m1/s1. The number of fused-ring (bicyclic) bond motifs is 5. The molecule has 7 nitrogen and oxygen atoms in total. The molecule has 0 heterocycles. The molecule has 0 aliphatic heterocycles. The van der Waals surface area contributed by atoms with Crippen LogP contribution in [0.15, 0.2) is 53.6 Å². The van der Waals surface area contributed by atoms with E-state index in [1.165, 1.54) is 6.92 Å². The Morgan fingerprint density at radius 2 is 1.67 bits per heavy atom. The number of aliphatic hydroxyl groups is 2. The first-order valence-electron chi connectivity index (χ1n) is 12.6. The van der Waals surface area contributed by atoms with Crippen LogP contribution in [0.3, 0.4) is 0 Å². The second kappa shape index (κ2) is 7.86. The van der Waals surface area contributed by atoms with E-state index in [1.54, 1.807) is 57.2 Å². The summed E-state index contributed by atoms with van der Waals surface area (Å²) in [6.07, 6.45) is 1.59. The van der Waals surface area contributed by atoms with Crippen LogP contribution in [0.4, 0.5) is 0 Å². The molecule has 192 valence electrons. The fraction of sp³-hybridized carbons (Fsp3) is 0.552. The van der Waals surface area contributed by atoms with Gasteiger partial charge >= 0.3 is 11.9 Å². The molecule has 0 radical (unpaired) electrons. The highest BCUT2D eigenvalue weighted by Crippen LogP contribution is 2.76. The molecule has 2 saturated carbocycles. The predicted octanol–water partition coefficient (Wildman–Crippen LogP) is 3.25. The first kappa shape index (κ1) is 24.9. The number of aliphatic hydroxyl groups excluding tert-OH is 1. The first-order valence-corrected chi connectivity index (χ1v) is 12.6. The van der Waals surface area contributed by atoms with E-state index in [1.807, 2.05) is 19.9 Å². The van der Waals surface area contributed by atoms with Crippen LogP contribution in [0.1, 0.15) is 51.9 Å². The van der Waals surface area contributed by atoms with Crippen molar-refractivity contribution in [1.82, 2.24) is 0 Å². The minimum atomic E-state index is -1.53. The fourth-order valence-corrected chi connectivity index (χ4v) is 7.74. The summed E-state index contributed by atoms with van der Waals surface area (Å²) < 4.78 is 12.2. The van der Waals surface area contributed by atoms with Crippen molar-refractivity contribution in [2.24, 2.45) is 35.0 Å². The summed E-state index contributed by atoms with van der Waals surface area (Å²) in [7, 11) is 0. The number of rotatable bonds is 3. The number of allylic oxidation sites excluding steroid dienone is 1. The minimum absolute atomic E-state index is 0.189. The van der Waals surface area contributed by atoms with E-state index in [2.05, 4.69) is 0 Å². The zero-order valence-corrected chi connectivity index (χ0v) is 21.5. The summed E-state index contributed by atoms with van der Waals surface area (Å²) in [5.74, 6) is -4.42. The van der Waals surface area contributed by atoms with Gasteiger partial charge in [0.2, 0.25) is 0 Å². The number of hydrogen-bond acceptors (Lipinski definition) is 7. The number of ketones is 1. The van der Waals surface area contributed by atoms with E-state index in [0.29, 0.717) is 16.7 Å². The molecule has 1 aromatic carbocycles. The van der Waals surface area contributed by atoms with Gasteiger partial charge in [0.25, 0.3) is 0 Å². The van der Waals surface area contributed by atoms with Crippen molar-refractivity contribution >= 4 is 17.7 Å². The van der Waals surface area contributed by atoms with Gasteiger partial charge in [0.1, 0.15) is 6.10 Å². The van der Waals surface area contributed by atoms with Crippen LogP contribution in [-0.2, 0) is 19.1 Å². The lowest BCUT2D eigenvalue weighted by molar-refractivity contribution is -0.208. The van der Waals surface area contributed by atoms with Crippen LogP contribution in [0.2, 0.25) is 0 Å². The molecule has 2 fully saturated rings. The molecule has 9 atom stereocenters. The summed E-state index contributed by atoms with van der Waals surface area (Å²) >= 11 is 0. The molecule has 0 saturated heterocycles. The second-order valence-corrected chi connectivity index (χ2v) is 11.6. The van der Waals surface area contributed by atoms with Crippen molar-refractivity contribution in [3.63, 3.8) is 0 Å². The fourth-order valence-electron chi connectivity index (χ4n) is 7.74. The predicted molar refractivity (Wildman–Crippen MR) is 131 cm³/mol. The molecule has 7 heteroatoms. The molecular weight excluding hydrogens is 460 g/mol. The molecule has 0 aromatic heterocycles. The van der Waals surface area contributed by atoms with E-state index in [4.69, 9.17) is 9.47 Å². The van der Waals surface area contributed by atoms with E-state index in [-0.39, 0.29) is 5.78 Å². The van der Waals surface area contributed by atoms with Gasteiger partial charge in [-0.3, -0.25) is 9.59 Å². The monoisotopic (exact) mass is 494 g/mol. The topological polar surface area (TPSA) is 110 Å². The number of hydrogen-bond donors (Lipinski definition) is 2. The lowest BCUT2D eigenvalue weighted by Gasteiger charge is -2.52. The molecule has 0 unspecified atom stereocenters.